The SMILES string of the molecule is COC(=O)C(O)C(C)(C)c1ccnc(C)c1. The van der Waals surface area contributed by atoms with Crippen molar-refractivity contribution in [1.82, 2.24) is 4.98 Å². The summed E-state index contributed by atoms with van der Waals surface area (Å²) in [5.41, 5.74) is 1.02. The van der Waals surface area contributed by atoms with Crippen molar-refractivity contribution >= 4 is 5.97 Å². The van der Waals surface area contributed by atoms with Crippen LogP contribution in [0.25, 0.3) is 0 Å². The van der Waals surface area contributed by atoms with Crippen molar-refractivity contribution < 1.29 is 14.6 Å². The van der Waals surface area contributed by atoms with Gasteiger partial charge in [-0.2, -0.15) is 0 Å². The second-order valence-electron chi connectivity index (χ2n) is 4.33. The zero-order chi connectivity index (χ0) is 12.3. The molecule has 4 nitrogen and oxygen atoms in total. The lowest BCUT2D eigenvalue weighted by molar-refractivity contribution is -0.153. The number of hydrogen-bond acceptors (Lipinski definition) is 4. The second-order valence-corrected chi connectivity index (χ2v) is 4.33. The fourth-order valence-corrected chi connectivity index (χ4v) is 1.51. The summed E-state index contributed by atoms with van der Waals surface area (Å²) in [4.78, 5) is 15.4. The molecule has 0 aromatic carbocycles. The van der Waals surface area contributed by atoms with Crippen molar-refractivity contribution in [2.45, 2.75) is 32.3 Å². The van der Waals surface area contributed by atoms with Crippen LogP contribution in [0.1, 0.15) is 25.1 Å². The molecule has 0 fully saturated rings. The molecule has 1 unspecified atom stereocenters. The third-order valence-electron chi connectivity index (χ3n) is 2.75. The van der Waals surface area contributed by atoms with E-state index in [1.54, 1.807) is 26.1 Å². The normalized spacial score (nSPS) is 13.3. The fourth-order valence-electron chi connectivity index (χ4n) is 1.51. The molecule has 0 bridgehead atoms. The number of aliphatic hydroxyl groups excluding tert-OH is 1. The Balaban J connectivity index is 3.05. The summed E-state index contributed by atoms with van der Waals surface area (Å²) in [5.74, 6) is -0.625. The number of pyridine rings is 1. The van der Waals surface area contributed by atoms with Crippen LogP contribution in [0, 0.1) is 6.92 Å². The molecule has 0 saturated carbocycles. The van der Waals surface area contributed by atoms with E-state index in [-0.39, 0.29) is 0 Å². The highest BCUT2D eigenvalue weighted by Gasteiger charge is 2.36. The number of ether oxygens (including phenoxy) is 1. The summed E-state index contributed by atoms with van der Waals surface area (Å²) in [6.45, 7) is 5.46. The van der Waals surface area contributed by atoms with Gasteiger partial charge < -0.3 is 9.84 Å². The van der Waals surface area contributed by atoms with Gasteiger partial charge in [0.1, 0.15) is 0 Å². The third kappa shape index (κ3) is 2.39. The number of aryl methyl sites for hydroxylation is 1. The lowest BCUT2D eigenvalue weighted by atomic mass is 9.79. The van der Waals surface area contributed by atoms with Crippen molar-refractivity contribution in [2.75, 3.05) is 7.11 Å². The Hall–Kier alpha value is -1.42. The van der Waals surface area contributed by atoms with Gasteiger partial charge in [-0.25, -0.2) is 4.79 Å². The standard InChI is InChI=1S/C12H17NO3/c1-8-7-9(5-6-13-8)12(2,3)10(14)11(15)16-4/h5-7,10,14H,1-4H3. The highest BCUT2D eigenvalue weighted by Crippen LogP contribution is 2.27. The second kappa shape index (κ2) is 4.61. The van der Waals surface area contributed by atoms with Crippen molar-refractivity contribution in [3.63, 3.8) is 0 Å². The Morgan fingerprint density at radius 3 is 2.69 bits per heavy atom. The molecule has 1 atom stereocenters. The Bertz CT molecular complexity index is 388. The van der Waals surface area contributed by atoms with Crippen molar-refractivity contribution in [3.8, 4) is 0 Å². The maximum atomic E-state index is 11.3. The Morgan fingerprint density at radius 2 is 2.19 bits per heavy atom. The van der Waals surface area contributed by atoms with Gasteiger partial charge in [0, 0.05) is 17.3 Å². The molecule has 0 aliphatic heterocycles. The average molecular weight is 223 g/mol. The molecule has 4 heteroatoms. The van der Waals surface area contributed by atoms with Gasteiger partial charge in [0.2, 0.25) is 0 Å². The molecule has 88 valence electrons. The van der Waals surface area contributed by atoms with Crippen molar-refractivity contribution in [2.24, 2.45) is 0 Å². The number of methoxy groups -OCH3 is 1. The summed E-state index contributed by atoms with van der Waals surface area (Å²) >= 11 is 0. The summed E-state index contributed by atoms with van der Waals surface area (Å²) in [5, 5.41) is 9.89. The Labute approximate surface area is 95.3 Å². The lowest BCUT2D eigenvalue weighted by Crippen LogP contribution is -2.40. The summed E-state index contributed by atoms with van der Waals surface area (Å²) < 4.78 is 4.55. The van der Waals surface area contributed by atoms with Gasteiger partial charge in [-0.3, -0.25) is 4.98 Å². The van der Waals surface area contributed by atoms with Crippen LogP contribution in [-0.4, -0.2) is 29.3 Å². The monoisotopic (exact) mass is 223 g/mol. The van der Waals surface area contributed by atoms with E-state index in [1.807, 2.05) is 13.0 Å². The van der Waals surface area contributed by atoms with E-state index < -0.39 is 17.5 Å². The van der Waals surface area contributed by atoms with Crippen LogP contribution in [0.5, 0.6) is 0 Å². The van der Waals surface area contributed by atoms with Gasteiger partial charge in [0.25, 0.3) is 0 Å². The van der Waals surface area contributed by atoms with E-state index in [9.17, 15) is 9.90 Å². The molecule has 0 saturated heterocycles. The van der Waals surface area contributed by atoms with E-state index >= 15 is 0 Å². The molecule has 0 spiro atoms. The number of rotatable bonds is 3. The van der Waals surface area contributed by atoms with Crippen LogP contribution in [0.3, 0.4) is 0 Å². The third-order valence-corrected chi connectivity index (χ3v) is 2.75. The van der Waals surface area contributed by atoms with E-state index in [1.165, 1.54) is 7.11 Å². The maximum Gasteiger partial charge on any atom is 0.335 e. The van der Waals surface area contributed by atoms with E-state index in [2.05, 4.69) is 9.72 Å². The summed E-state index contributed by atoms with van der Waals surface area (Å²) in [6.07, 6.45) is 0.482. The fraction of sp³-hybridized carbons (Fsp3) is 0.500. The largest absolute Gasteiger partial charge is 0.467 e. The molecule has 1 rings (SSSR count). The van der Waals surface area contributed by atoms with Crippen molar-refractivity contribution in [3.05, 3.63) is 29.6 Å². The molecule has 0 radical (unpaired) electrons. The number of carbonyl (C=O) groups excluding carboxylic acids is 1. The molecule has 1 aromatic rings. The van der Waals surface area contributed by atoms with Crippen LogP contribution < -0.4 is 0 Å². The first-order valence-electron chi connectivity index (χ1n) is 5.08. The number of hydrogen-bond donors (Lipinski definition) is 1. The predicted octanol–water partition coefficient (Wildman–Crippen LogP) is 1.20. The highest BCUT2D eigenvalue weighted by atomic mass is 16.5. The highest BCUT2D eigenvalue weighted by molar-refractivity contribution is 5.76. The van der Waals surface area contributed by atoms with Crippen LogP contribution >= 0.6 is 0 Å². The molecule has 0 aliphatic carbocycles. The lowest BCUT2D eigenvalue weighted by Gasteiger charge is -2.29. The first-order chi connectivity index (χ1) is 7.39. The number of carbonyl (C=O) groups is 1. The molecule has 16 heavy (non-hydrogen) atoms. The summed E-state index contributed by atoms with van der Waals surface area (Å²) in [7, 11) is 1.26. The van der Waals surface area contributed by atoms with Crippen molar-refractivity contribution in [1.29, 1.82) is 0 Å². The van der Waals surface area contributed by atoms with Gasteiger partial charge in [0.15, 0.2) is 6.10 Å². The van der Waals surface area contributed by atoms with Crippen LogP contribution in [-0.2, 0) is 14.9 Å². The average Bonchev–Trinajstić information content (AvgIpc) is 2.27. The number of aromatic nitrogens is 1. The molecule has 1 heterocycles. The smallest absolute Gasteiger partial charge is 0.335 e. The summed E-state index contributed by atoms with van der Waals surface area (Å²) in [6, 6.07) is 3.64. The van der Waals surface area contributed by atoms with Crippen LogP contribution in [0.4, 0.5) is 0 Å². The maximum absolute atomic E-state index is 11.3. The zero-order valence-electron chi connectivity index (χ0n) is 10.0. The van der Waals surface area contributed by atoms with E-state index in [0.29, 0.717) is 0 Å². The minimum Gasteiger partial charge on any atom is -0.467 e. The van der Waals surface area contributed by atoms with E-state index in [0.717, 1.165) is 11.3 Å². The zero-order valence-corrected chi connectivity index (χ0v) is 10.0. The molecule has 0 aliphatic rings. The minimum absolute atomic E-state index is 0.625. The van der Waals surface area contributed by atoms with Gasteiger partial charge >= 0.3 is 5.97 Å². The molecule has 1 aromatic heterocycles. The number of aliphatic hydroxyl groups is 1. The van der Waals surface area contributed by atoms with Gasteiger partial charge in [0.05, 0.1) is 7.11 Å². The number of nitrogens with zero attached hydrogens (tertiary/aromatic N) is 1. The predicted molar refractivity (Wildman–Crippen MR) is 60.0 cm³/mol. The quantitative estimate of drug-likeness (QED) is 0.782. The molecular formula is C12H17NO3. The Kier molecular flexibility index (Phi) is 3.65. The Morgan fingerprint density at radius 1 is 1.56 bits per heavy atom. The van der Waals surface area contributed by atoms with E-state index in [4.69, 9.17) is 0 Å². The van der Waals surface area contributed by atoms with Gasteiger partial charge in [-0.15, -0.1) is 0 Å². The first-order valence-corrected chi connectivity index (χ1v) is 5.08. The minimum atomic E-state index is -1.18. The van der Waals surface area contributed by atoms with Crippen LogP contribution in [0.15, 0.2) is 18.3 Å². The first kappa shape index (κ1) is 12.6. The van der Waals surface area contributed by atoms with Gasteiger partial charge in [-0.1, -0.05) is 13.8 Å². The molecule has 1 N–H and O–H groups in total. The van der Waals surface area contributed by atoms with Crippen LogP contribution in [0.2, 0.25) is 0 Å². The number of esters is 1. The molecule has 0 amide bonds. The molecular weight excluding hydrogens is 206 g/mol. The van der Waals surface area contributed by atoms with Gasteiger partial charge in [-0.05, 0) is 24.6 Å². The topological polar surface area (TPSA) is 59.4 Å².